The Morgan fingerprint density at radius 3 is 2.38 bits per heavy atom. The fourth-order valence-corrected chi connectivity index (χ4v) is 6.03. The molecule has 1 fully saturated rings. The first-order chi connectivity index (χ1) is 17.9. The fraction of sp³-hybridized carbons (Fsp3) is 0.188. The van der Waals surface area contributed by atoms with Gasteiger partial charge in [0.25, 0.3) is 0 Å². The fourth-order valence-electron chi connectivity index (χ4n) is 5.69. The van der Waals surface area contributed by atoms with Gasteiger partial charge in [-0.2, -0.15) is 0 Å². The highest BCUT2D eigenvalue weighted by molar-refractivity contribution is 7.80. The third-order valence-corrected chi connectivity index (χ3v) is 7.98. The summed E-state index contributed by atoms with van der Waals surface area (Å²) in [5.41, 5.74) is 9.44. The van der Waals surface area contributed by atoms with Crippen molar-refractivity contribution in [2.24, 2.45) is 0 Å². The van der Waals surface area contributed by atoms with E-state index in [1.165, 1.54) is 44.5 Å². The Morgan fingerprint density at radius 2 is 1.59 bits per heavy atom. The monoisotopic (exact) mass is 502 g/mol. The van der Waals surface area contributed by atoms with Crippen LogP contribution < -0.4 is 10.2 Å². The van der Waals surface area contributed by atoms with Crippen LogP contribution in [-0.2, 0) is 0 Å². The normalized spacial score (nSPS) is 17.4. The second kappa shape index (κ2) is 9.16. The number of nitrogens with one attached hydrogen (secondary N) is 1. The first kappa shape index (κ1) is 23.4. The van der Waals surface area contributed by atoms with Gasteiger partial charge in [0.15, 0.2) is 5.11 Å². The minimum Gasteiger partial charge on any atom is -0.351 e. The molecular formula is C32H30N4S. The van der Waals surface area contributed by atoms with Crippen molar-refractivity contribution in [3.05, 3.63) is 125 Å². The van der Waals surface area contributed by atoms with Gasteiger partial charge in [-0.3, -0.25) is 4.98 Å². The van der Waals surface area contributed by atoms with Crippen LogP contribution in [0.25, 0.3) is 16.5 Å². The van der Waals surface area contributed by atoms with Crippen LogP contribution in [0, 0.1) is 27.7 Å². The number of aryl methyl sites for hydroxylation is 3. The van der Waals surface area contributed by atoms with Gasteiger partial charge in [-0.05, 0) is 98.4 Å². The molecule has 0 aliphatic carbocycles. The Labute approximate surface area is 223 Å². The molecule has 2 atom stereocenters. The summed E-state index contributed by atoms with van der Waals surface area (Å²) >= 11 is 5.97. The van der Waals surface area contributed by atoms with E-state index in [1.54, 1.807) is 0 Å². The van der Waals surface area contributed by atoms with Crippen molar-refractivity contribution in [3.8, 4) is 5.69 Å². The number of hydrogen-bond acceptors (Lipinski definition) is 2. The molecule has 3 heterocycles. The van der Waals surface area contributed by atoms with Gasteiger partial charge in [0.05, 0.1) is 23.5 Å². The molecule has 1 aliphatic rings. The van der Waals surface area contributed by atoms with Crippen LogP contribution in [0.2, 0.25) is 0 Å². The summed E-state index contributed by atoms with van der Waals surface area (Å²) in [6.07, 6.45) is 1.86. The first-order valence-electron chi connectivity index (χ1n) is 12.7. The zero-order valence-electron chi connectivity index (χ0n) is 21.6. The van der Waals surface area contributed by atoms with Crippen molar-refractivity contribution in [1.29, 1.82) is 0 Å². The average Bonchev–Trinajstić information content (AvgIpc) is 3.40. The van der Waals surface area contributed by atoms with Gasteiger partial charge >= 0.3 is 0 Å². The van der Waals surface area contributed by atoms with E-state index < -0.39 is 0 Å². The summed E-state index contributed by atoms with van der Waals surface area (Å²) < 4.78 is 2.38. The van der Waals surface area contributed by atoms with E-state index >= 15 is 0 Å². The van der Waals surface area contributed by atoms with E-state index in [0.717, 1.165) is 16.5 Å². The van der Waals surface area contributed by atoms with Crippen molar-refractivity contribution in [3.63, 3.8) is 0 Å². The highest BCUT2D eigenvalue weighted by Crippen LogP contribution is 2.44. The highest BCUT2D eigenvalue weighted by Gasteiger charge is 2.42. The number of fused-ring (bicyclic) bond motifs is 1. The summed E-state index contributed by atoms with van der Waals surface area (Å²) in [5.74, 6) is 0. The lowest BCUT2D eigenvalue weighted by molar-refractivity contribution is 0.565. The van der Waals surface area contributed by atoms with Gasteiger partial charge in [0.2, 0.25) is 0 Å². The van der Waals surface area contributed by atoms with Crippen LogP contribution >= 0.6 is 12.2 Å². The van der Waals surface area contributed by atoms with Gasteiger partial charge in [-0.25, -0.2) is 0 Å². The topological polar surface area (TPSA) is 33.1 Å². The van der Waals surface area contributed by atoms with Crippen LogP contribution in [0.4, 0.5) is 5.69 Å². The molecule has 0 saturated carbocycles. The lowest BCUT2D eigenvalue weighted by atomic mass is 9.96. The van der Waals surface area contributed by atoms with E-state index in [4.69, 9.17) is 17.2 Å². The van der Waals surface area contributed by atoms with E-state index in [2.05, 4.69) is 115 Å². The quantitative estimate of drug-likeness (QED) is 0.259. The molecule has 0 amide bonds. The molecule has 1 N–H and O–H groups in total. The molecule has 0 spiro atoms. The Morgan fingerprint density at radius 1 is 0.811 bits per heavy atom. The second-order valence-electron chi connectivity index (χ2n) is 9.93. The smallest absolute Gasteiger partial charge is 0.174 e. The largest absolute Gasteiger partial charge is 0.351 e. The summed E-state index contributed by atoms with van der Waals surface area (Å²) in [7, 11) is 0. The lowest BCUT2D eigenvalue weighted by Crippen LogP contribution is -2.29. The zero-order valence-corrected chi connectivity index (χ0v) is 22.4. The molecule has 5 aromatic rings. The molecule has 3 aromatic carbocycles. The third kappa shape index (κ3) is 3.91. The molecule has 0 radical (unpaired) electrons. The number of benzene rings is 3. The highest BCUT2D eigenvalue weighted by atomic mass is 32.1. The van der Waals surface area contributed by atoms with E-state index in [0.29, 0.717) is 0 Å². The Balaban J connectivity index is 1.55. The third-order valence-electron chi connectivity index (χ3n) is 7.66. The van der Waals surface area contributed by atoms with Crippen molar-refractivity contribution < 1.29 is 0 Å². The SMILES string of the molecule is Cc1ccc(N2C(=S)N[C@@H](c3ccccn3)[C@@H]2c2cc(C)n(-c3cccc4ccccc34)c2C)cc1C. The van der Waals surface area contributed by atoms with Gasteiger partial charge < -0.3 is 14.8 Å². The molecule has 2 aromatic heterocycles. The summed E-state index contributed by atoms with van der Waals surface area (Å²) in [6, 6.07) is 30.0. The number of aromatic nitrogens is 2. The van der Waals surface area contributed by atoms with Crippen LogP contribution in [0.15, 0.2) is 91.1 Å². The van der Waals surface area contributed by atoms with Crippen LogP contribution in [0.3, 0.4) is 0 Å². The Hall–Kier alpha value is -3.96. The predicted octanol–water partition coefficient (Wildman–Crippen LogP) is 7.44. The zero-order chi connectivity index (χ0) is 25.7. The molecule has 1 aliphatic heterocycles. The lowest BCUT2D eigenvalue weighted by Gasteiger charge is -2.28. The minimum atomic E-state index is -0.0724. The number of thiocarbonyl (C=S) groups is 1. The number of hydrogen-bond donors (Lipinski definition) is 1. The number of nitrogens with zero attached hydrogens (tertiary/aromatic N) is 3. The molecule has 4 nitrogen and oxygen atoms in total. The van der Waals surface area contributed by atoms with Crippen molar-refractivity contribution >= 4 is 33.8 Å². The molecule has 37 heavy (non-hydrogen) atoms. The molecule has 0 bridgehead atoms. The molecule has 184 valence electrons. The second-order valence-corrected chi connectivity index (χ2v) is 10.3. The molecular weight excluding hydrogens is 472 g/mol. The Bertz CT molecular complexity index is 1630. The first-order valence-corrected chi connectivity index (χ1v) is 13.1. The summed E-state index contributed by atoms with van der Waals surface area (Å²) in [5, 5.41) is 6.81. The van der Waals surface area contributed by atoms with Crippen molar-refractivity contribution in [2.75, 3.05) is 4.90 Å². The minimum absolute atomic E-state index is 0.0422. The van der Waals surface area contributed by atoms with E-state index in [9.17, 15) is 0 Å². The summed E-state index contributed by atoms with van der Waals surface area (Å²) in [6.45, 7) is 8.71. The maximum Gasteiger partial charge on any atom is 0.174 e. The van der Waals surface area contributed by atoms with Crippen molar-refractivity contribution in [2.45, 2.75) is 39.8 Å². The van der Waals surface area contributed by atoms with Crippen LogP contribution in [0.1, 0.15) is 45.9 Å². The molecule has 6 rings (SSSR count). The summed E-state index contributed by atoms with van der Waals surface area (Å²) in [4.78, 5) is 7.01. The van der Waals surface area contributed by atoms with Gasteiger partial charge in [0, 0.05) is 28.7 Å². The van der Waals surface area contributed by atoms with Gasteiger partial charge in [-0.1, -0.05) is 48.5 Å². The maximum atomic E-state index is 5.97. The van der Waals surface area contributed by atoms with Crippen LogP contribution in [0.5, 0.6) is 0 Å². The predicted molar refractivity (Wildman–Crippen MR) is 157 cm³/mol. The van der Waals surface area contributed by atoms with Gasteiger partial charge in [-0.15, -0.1) is 0 Å². The van der Waals surface area contributed by atoms with E-state index in [-0.39, 0.29) is 12.1 Å². The molecule has 1 saturated heterocycles. The number of anilines is 1. The van der Waals surface area contributed by atoms with Gasteiger partial charge in [0.1, 0.15) is 0 Å². The molecule has 0 unspecified atom stereocenters. The molecule has 5 heteroatoms. The standard InChI is InChI=1S/C32H30N4S/c1-20-15-16-25(18-21(20)2)36-31(30(34-32(36)37)28-13-7-8-17-33-28)27-19-22(3)35(23(27)4)29-14-9-11-24-10-5-6-12-26(24)29/h5-19,30-31H,1-4H3,(H,34,37)/t30-,31-/m0/s1. The maximum absolute atomic E-state index is 5.97. The Kier molecular flexibility index (Phi) is 5.81. The van der Waals surface area contributed by atoms with Crippen molar-refractivity contribution in [1.82, 2.24) is 14.9 Å². The number of pyridine rings is 1. The average molecular weight is 503 g/mol. The number of rotatable bonds is 4. The van der Waals surface area contributed by atoms with E-state index in [1.807, 2.05) is 18.3 Å². The van der Waals surface area contributed by atoms with Crippen LogP contribution in [-0.4, -0.2) is 14.7 Å².